The van der Waals surface area contributed by atoms with Gasteiger partial charge in [-0.3, -0.25) is 0 Å². The second kappa shape index (κ2) is 8.74. The first-order valence-corrected chi connectivity index (χ1v) is 8.48. The van der Waals surface area contributed by atoms with E-state index in [1.54, 1.807) is 0 Å². The summed E-state index contributed by atoms with van der Waals surface area (Å²) in [5, 5.41) is 9.85. The van der Waals surface area contributed by atoms with Gasteiger partial charge >= 0.3 is 112 Å². The monoisotopic (exact) mass is 300 g/mol. The van der Waals surface area contributed by atoms with Crippen LogP contribution in [-0.2, 0) is 0 Å². The molecule has 0 radical (unpaired) electrons. The van der Waals surface area contributed by atoms with Crippen molar-refractivity contribution in [2.75, 3.05) is 0 Å². The molecule has 17 heavy (non-hydrogen) atoms. The molecular weight excluding hydrogens is 275 g/mol. The number of hydrogen-bond acceptors (Lipinski definition) is 1. The summed E-state index contributed by atoms with van der Waals surface area (Å²) in [6.45, 7) is 4.18. The van der Waals surface area contributed by atoms with Crippen LogP contribution in [0.3, 0.4) is 0 Å². The average Bonchev–Trinajstić information content (AvgIpc) is 2.34. The van der Waals surface area contributed by atoms with Crippen LogP contribution in [0.1, 0.15) is 46.0 Å². The van der Waals surface area contributed by atoms with Crippen LogP contribution in [0.5, 0.6) is 0 Å². The Labute approximate surface area is 112 Å². The van der Waals surface area contributed by atoms with Gasteiger partial charge in [-0.25, -0.2) is 0 Å². The molecule has 1 N–H and O–H groups in total. The molecule has 0 aliphatic rings. The summed E-state index contributed by atoms with van der Waals surface area (Å²) in [7, 11) is 0. The van der Waals surface area contributed by atoms with E-state index >= 15 is 0 Å². The maximum atomic E-state index is 9.85. The van der Waals surface area contributed by atoms with Crippen LogP contribution in [0.15, 0.2) is 30.3 Å². The van der Waals surface area contributed by atoms with E-state index < -0.39 is 0 Å². The van der Waals surface area contributed by atoms with Crippen molar-refractivity contribution in [3.05, 3.63) is 30.3 Å². The van der Waals surface area contributed by atoms with E-state index in [4.69, 9.17) is 0 Å². The molecule has 0 aromatic heterocycles. The first-order chi connectivity index (χ1) is 8.24. The molecule has 0 bridgehead atoms. The van der Waals surface area contributed by atoms with Gasteiger partial charge in [-0.05, 0) is 0 Å². The Bertz CT molecular complexity index is 284. The van der Waals surface area contributed by atoms with Gasteiger partial charge in [0.15, 0.2) is 0 Å². The Hall–Kier alpha value is -0.301. The Morgan fingerprint density at radius 2 is 1.82 bits per heavy atom. The number of hydrogen-bond donors (Lipinski definition) is 1. The summed E-state index contributed by atoms with van der Waals surface area (Å²) >= 11 is 0.404. The van der Waals surface area contributed by atoms with E-state index in [1.165, 1.54) is 36.6 Å². The summed E-state index contributed by atoms with van der Waals surface area (Å²) in [4.78, 5) is 0.474. The molecule has 1 aromatic carbocycles. The van der Waals surface area contributed by atoms with Crippen molar-refractivity contribution < 1.29 is 5.11 Å². The molecular formula is C15H24OSe. The van der Waals surface area contributed by atoms with E-state index in [-0.39, 0.29) is 6.10 Å². The van der Waals surface area contributed by atoms with Crippen molar-refractivity contribution >= 4 is 19.4 Å². The molecule has 0 aliphatic heterocycles. The second-order valence-electron chi connectivity index (χ2n) is 4.56. The van der Waals surface area contributed by atoms with Crippen molar-refractivity contribution in [1.29, 1.82) is 0 Å². The van der Waals surface area contributed by atoms with Crippen LogP contribution in [-0.4, -0.2) is 26.2 Å². The number of rotatable bonds is 8. The fourth-order valence-corrected chi connectivity index (χ4v) is 4.25. The number of unbranched alkanes of at least 4 members (excludes halogenated alkanes) is 3. The molecule has 0 saturated carbocycles. The van der Waals surface area contributed by atoms with E-state index in [0.717, 1.165) is 0 Å². The molecule has 2 atom stereocenters. The van der Waals surface area contributed by atoms with Gasteiger partial charge in [0.2, 0.25) is 0 Å². The van der Waals surface area contributed by atoms with Gasteiger partial charge in [-0.2, -0.15) is 0 Å². The summed E-state index contributed by atoms with van der Waals surface area (Å²) in [6, 6.07) is 10.6. The van der Waals surface area contributed by atoms with Gasteiger partial charge in [0.05, 0.1) is 0 Å². The predicted molar refractivity (Wildman–Crippen MR) is 76.0 cm³/mol. The maximum absolute atomic E-state index is 9.85. The Balaban J connectivity index is 2.38. The molecule has 0 amide bonds. The fourth-order valence-electron chi connectivity index (χ4n) is 1.84. The SMILES string of the molecule is CCCCCCC([Se]c1ccccc1)C(C)O. The van der Waals surface area contributed by atoms with Gasteiger partial charge in [0.1, 0.15) is 0 Å². The zero-order chi connectivity index (χ0) is 12.5. The predicted octanol–water partition coefficient (Wildman–Crippen LogP) is 3.16. The van der Waals surface area contributed by atoms with Crippen LogP contribution < -0.4 is 4.46 Å². The van der Waals surface area contributed by atoms with Gasteiger partial charge in [-0.1, -0.05) is 0 Å². The zero-order valence-electron chi connectivity index (χ0n) is 10.9. The number of aliphatic hydroxyl groups is 1. The van der Waals surface area contributed by atoms with Crippen LogP contribution in [0.4, 0.5) is 0 Å². The van der Waals surface area contributed by atoms with Crippen LogP contribution in [0.25, 0.3) is 0 Å². The van der Waals surface area contributed by atoms with Crippen molar-refractivity contribution in [1.82, 2.24) is 0 Å². The first kappa shape index (κ1) is 14.8. The van der Waals surface area contributed by atoms with Gasteiger partial charge < -0.3 is 0 Å². The van der Waals surface area contributed by atoms with E-state index in [9.17, 15) is 5.11 Å². The molecule has 96 valence electrons. The third-order valence-electron chi connectivity index (χ3n) is 2.91. The Morgan fingerprint density at radius 3 is 2.41 bits per heavy atom. The van der Waals surface area contributed by atoms with Gasteiger partial charge in [0.25, 0.3) is 0 Å². The minimum absolute atomic E-state index is 0.170. The van der Waals surface area contributed by atoms with E-state index in [0.29, 0.717) is 19.8 Å². The molecule has 2 heteroatoms. The summed E-state index contributed by atoms with van der Waals surface area (Å²) in [5.41, 5.74) is 0. The standard InChI is InChI=1S/C15H24OSe/c1-3-4-5-9-12-15(13(2)16)17-14-10-7-6-8-11-14/h6-8,10-11,13,15-16H,3-5,9,12H2,1-2H3. The van der Waals surface area contributed by atoms with Gasteiger partial charge in [0, 0.05) is 0 Å². The molecule has 0 saturated heterocycles. The minimum atomic E-state index is -0.170. The summed E-state index contributed by atoms with van der Waals surface area (Å²) in [5.74, 6) is 0. The van der Waals surface area contributed by atoms with Crippen molar-refractivity contribution in [2.45, 2.75) is 56.9 Å². The van der Waals surface area contributed by atoms with Crippen molar-refractivity contribution in [3.63, 3.8) is 0 Å². The topological polar surface area (TPSA) is 20.2 Å². The number of aliphatic hydroxyl groups excluding tert-OH is 1. The molecule has 1 rings (SSSR count). The summed E-state index contributed by atoms with van der Waals surface area (Å²) in [6.07, 6.45) is 6.18. The third kappa shape index (κ3) is 6.26. The normalized spacial score (nSPS) is 14.5. The molecule has 2 unspecified atom stereocenters. The van der Waals surface area contributed by atoms with E-state index in [1.807, 2.05) is 6.92 Å². The average molecular weight is 299 g/mol. The molecule has 0 fully saturated rings. The van der Waals surface area contributed by atoms with Crippen molar-refractivity contribution in [2.24, 2.45) is 0 Å². The van der Waals surface area contributed by atoms with Crippen LogP contribution >= 0.6 is 0 Å². The first-order valence-electron chi connectivity index (χ1n) is 6.63. The van der Waals surface area contributed by atoms with Crippen molar-refractivity contribution in [3.8, 4) is 0 Å². The zero-order valence-corrected chi connectivity index (χ0v) is 12.6. The molecule has 1 aromatic rings. The molecule has 0 aliphatic carbocycles. The Kier molecular flexibility index (Phi) is 7.59. The molecule has 0 spiro atoms. The molecule has 1 nitrogen and oxygen atoms in total. The quantitative estimate of drug-likeness (QED) is 0.577. The fraction of sp³-hybridized carbons (Fsp3) is 0.600. The van der Waals surface area contributed by atoms with Gasteiger partial charge in [-0.15, -0.1) is 0 Å². The second-order valence-corrected chi connectivity index (χ2v) is 7.31. The van der Waals surface area contributed by atoms with Crippen LogP contribution in [0, 0.1) is 0 Å². The molecule has 0 heterocycles. The van der Waals surface area contributed by atoms with Crippen LogP contribution in [0.2, 0.25) is 4.82 Å². The number of benzene rings is 1. The summed E-state index contributed by atoms with van der Waals surface area (Å²) < 4.78 is 1.40. The van der Waals surface area contributed by atoms with E-state index in [2.05, 4.69) is 37.3 Å². The third-order valence-corrected chi connectivity index (χ3v) is 6.01. The Morgan fingerprint density at radius 1 is 1.12 bits per heavy atom.